The van der Waals surface area contributed by atoms with Crippen molar-refractivity contribution in [3.05, 3.63) is 60.2 Å². The summed E-state index contributed by atoms with van der Waals surface area (Å²) in [5, 5.41) is 3.35. The van der Waals surface area contributed by atoms with Gasteiger partial charge < -0.3 is 5.32 Å². The Kier molecular flexibility index (Phi) is 4.46. The fraction of sp³-hybridized carbons (Fsp3) is 0.316. The van der Waals surface area contributed by atoms with Gasteiger partial charge in [-0.05, 0) is 43.0 Å². The molecule has 21 heavy (non-hydrogen) atoms. The lowest BCUT2D eigenvalue weighted by molar-refractivity contribution is 0.0974. The summed E-state index contributed by atoms with van der Waals surface area (Å²) in [6.45, 7) is 2.17. The SMILES string of the molecule is O=C(CCC1CCNC1)c1ccc(-c2ccccc2)cc1. The summed E-state index contributed by atoms with van der Waals surface area (Å²) in [5.41, 5.74) is 3.18. The Bertz CT molecular complexity index is 583. The summed E-state index contributed by atoms with van der Waals surface area (Å²) in [6.07, 6.45) is 2.88. The quantitative estimate of drug-likeness (QED) is 0.840. The van der Waals surface area contributed by atoms with Crippen molar-refractivity contribution in [3.8, 4) is 11.1 Å². The van der Waals surface area contributed by atoms with Crippen LogP contribution in [0.3, 0.4) is 0 Å². The minimum Gasteiger partial charge on any atom is -0.316 e. The van der Waals surface area contributed by atoms with Crippen molar-refractivity contribution in [2.45, 2.75) is 19.3 Å². The molecule has 0 saturated carbocycles. The van der Waals surface area contributed by atoms with E-state index in [-0.39, 0.29) is 5.78 Å². The molecule has 0 bridgehead atoms. The van der Waals surface area contributed by atoms with Gasteiger partial charge in [-0.25, -0.2) is 0 Å². The molecule has 1 aliphatic rings. The van der Waals surface area contributed by atoms with Crippen LogP contribution in [0.2, 0.25) is 0 Å². The zero-order chi connectivity index (χ0) is 14.5. The molecular formula is C19H21NO. The van der Waals surface area contributed by atoms with E-state index in [1.54, 1.807) is 0 Å². The van der Waals surface area contributed by atoms with Gasteiger partial charge >= 0.3 is 0 Å². The first-order chi connectivity index (χ1) is 10.3. The first-order valence-corrected chi connectivity index (χ1v) is 7.72. The molecule has 1 fully saturated rings. The second-order valence-corrected chi connectivity index (χ2v) is 5.76. The highest BCUT2D eigenvalue weighted by Gasteiger charge is 2.16. The number of hydrogen-bond acceptors (Lipinski definition) is 2. The molecule has 0 spiro atoms. The highest BCUT2D eigenvalue weighted by molar-refractivity contribution is 5.96. The molecule has 1 unspecified atom stereocenters. The number of rotatable bonds is 5. The minimum absolute atomic E-state index is 0.265. The predicted molar refractivity (Wildman–Crippen MR) is 86.4 cm³/mol. The van der Waals surface area contributed by atoms with Crippen LogP contribution >= 0.6 is 0 Å². The largest absolute Gasteiger partial charge is 0.316 e. The maximum Gasteiger partial charge on any atom is 0.162 e. The van der Waals surface area contributed by atoms with Crippen LogP contribution in [-0.4, -0.2) is 18.9 Å². The molecule has 3 rings (SSSR count). The number of ketones is 1. The first kappa shape index (κ1) is 14.0. The van der Waals surface area contributed by atoms with Gasteiger partial charge in [0.15, 0.2) is 5.78 Å². The van der Waals surface area contributed by atoms with E-state index in [0.717, 1.165) is 30.6 Å². The van der Waals surface area contributed by atoms with E-state index in [4.69, 9.17) is 0 Å². The molecule has 0 radical (unpaired) electrons. The molecule has 0 aliphatic carbocycles. The van der Waals surface area contributed by atoms with Gasteiger partial charge in [-0.1, -0.05) is 54.6 Å². The van der Waals surface area contributed by atoms with Gasteiger partial charge in [0.2, 0.25) is 0 Å². The molecule has 1 atom stereocenters. The topological polar surface area (TPSA) is 29.1 Å². The normalized spacial score (nSPS) is 17.8. The maximum absolute atomic E-state index is 12.2. The number of carbonyl (C=O) groups is 1. The lowest BCUT2D eigenvalue weighted by atomic mass is 9.97. The number of Topliss-reactive ketones (excluding diaryl/α,β-unsaturated/α-hetero) is 1. The smallest absolute Gasteiger partial charge is 0.162 e. The van der Waals surface area contributed by atoms with Crippen LogP contribution in [0.25, 0.3) is 11.1 Å². The van der Waals surface area contributed by atoms with Gasteiger partial charge in [0.05, 0.1) is 0 Å². The summed E-state index contributed by atoms with van der Waals surface area (Å²) >= 11 is 0. The Balaban J connectivity index is 1.62. The third-order valence-corrected chi connectivity index (χ3v) is 4.26. The van der Waals surface area contributed by atoms with Crippen LogP contribution in [0.5, 0.6) is 0 Å². The molecule has 1 saturated heterocycles. The summed E-state index contributed by atoms with van der Waals surface area (Å²) in [7, 11) is 0. The second-order valence-electron chi connectivity index (χ2n) is 5.76. The van der Waals surface area contributed by atoms with Crippen molar-refractivity contribution >= 4 is 5.78 Å². The van der Waals surface area contributed by atoms with Crippen LogP contribution < -0.4 is 5.32 Å². The van der Waals surface area contributed by atoms with E-state index in [1.807, 2.05) is 42.5 Å². The van der Waals surface area contributed by atoms with Crippen molar-refractivity contribution < 1.29 is 4.79 Å². The van der Waals surface area contributed by atoms with Crippen LogP contribution in [-0.2, 0) is 0 Å². The van der Waals surface area contributed by atoms with E-state index >= 15 is 0 Å². The molecule has 1 aliphatic heterocycles. The zero-order valence-corrected chi connectivity index (χ0v) is 12.2. The highest BCUT2D eigenvalue weighted by atomic mass is 16.1. The van der Waals surface area contributed by atoms with E-state index in [9.17, 15) is 4.79 Å². The van der Waals surface area contributed by atoms with Crippen LogP contribution in [0.15, 0.2) is 54.6 Å². The Morgan fingerprint density at radius 3 is 2.38 bits per heavy atom. The van der Waals surface area contributed by atoms with Gasteiger partial charge in [-0.2, -0.15) is 0 Å². The summed E-state index contributed by atoms with van der Waals surface area (Å²) in [6, 6.07) is 18.2. The molecular weight excluding hydrogens is 258 g/mol. The molecule has 2 aromatic rings. The average molecular weight is 279 g/mol. The molecule has 2 nitrogen and oxygen atoms in total. The Morgan fingerprint density at radius 2 is 1.71 bits per heavy atom. The summed E-state index contributed by atoms with van der Waals surface area (Å²) in [5.74, 6) is 0.944. The molecule has 1 N–H and O–H groups in total. The average Bonchev–Trinajstić information content (AvgIpc) is 3.07. The Labute approximate surface area is 126 Å². The highest BCUT2D eigenvalue weighted by Crippen LogP contribution is 2.21. The molecule has 0 amide bonds. The lowest BCUT2D eigenvalue weighted by Crippen LogP contribution is -2.10. The Hall–Kier alpha value is -1.93. The standard InChI is InChI=1S/C19H21NO/c21-19(11-6-15-12-13-20-14-15)18-9-7-17(8-10-18)16-4-2-1-3-5-16/h1-5,7-10,15,20H,6,11-14H2. The fourth-order valence-electron chi connectivity index (χ4n) is 2.92. The van der Waals surface area contributed by atoms with Crippen molar-refractivity contribution in [2.24, 2.45) is 5.92 Å². The maximum atomic E-state index is 12.2. The van der Waals surface area contributed by atoms with Crippen LogP contribution in [0.1, 0.15) is 29.6 Å². The van der Waals surface area contributed by atoms with E-state index in [2.05, 4.69) is 17.4 Å². The number of carbonyl (C=O) groups excluding carboxylic acids is 1. The van der Waals surface area contributed by atoms with E-state index in [1.165, 1.54) is 12.0 Å². The second kappa shape index (κ2) is 6.68. The first-order valence-electron chi connectivity index (χ1n) is 7.72. The van der Waals surface area contributed by atoms with Crippen molar-refractivity contribution in [2.75, 3.05) is 13.1 Å². The van der Waals surface area contributed by atoms with Crippen LogP contribution in [0.4, 0.5) is 0 Å². The molecule has 0 aromatic heterocycles. The van der Waals surface area contributed by atoms with Gasteiger partial charge in [-0.15, -0.1) is 0 Å². The predicted octanol–water partition coefficient (Wildman–Crippen LogP) is 3.93. The number of nitrogens with one attached hydrogen (secondary N) is 1. The van der Waals surface area contributed by atoms with Gasteiger partial charge in [-0.3, -0.25) is 4.79 Å². The van der Waals surface area contributed by atoms with Gasteiger partial charge in [0, 0.05) is 12.0 Å². The van der Waals surface area contributed by atoms with E-state index in [0.29, 0.717) is 12.3 Å². The summed E-state index contributed by atoms with van der Waals surface area (Å²) < 4.78 is 0. The molecule has 1 heterocycles. The van der Waals surface area contributed by atoms with Gasteiger partial charge in [0.25, 0.3) is 0 Å². The van der Waals surface area contributed by atoms with Gasteiger partial charge in [0.1, 0.15) is 0 Å². The Morgan fingerprint density at radius 1 is 1.00 bits per heavy atom. The van der Waals surface area contributed by atoms with Crippen LogP contribution in [0, 0.1) is 5.92 Å². The van der Waals surface area contributed by atoms with Crippen molar-refractivity contribution in [1.82, 2.24) is 5.32 Å². The minimum atomic E-state index is 0.265. The number of benzene rings is 2. The lowest BCUT2D eigenvalue weighted by Gasteiger charge is -2.08. The zero-order valence-electron chi connectivity index (χ0n) is 12.2. The fourth-order valence-corrected chi connectivity index (χ4v) is 2.92. The third-order valence-electron chi connectivity index (χ3n) is 4.26. The monoisotopic (exact) mass is 279 g/mol. The molecule has 2 heteroatoms. The summed E-state index contributed by atoms with van der Waals surface area (Å²) in [4.78, 5) is 12.2. The van der Waals surface area contributed by atoms with Crippen molar-refractivity contribution in [3.63, 3.8) is 0 Å². The third kappa shape index (κ3) is 3.59. The van der Waals surface area contributed by atoms with E-state index < -0.39 is 0 Å². The number of hydrogen-bond donors (Lipinski definition) is 1. The van der Waals surface area contributed by atoms with Crippen molar-refractivity contribution in [1.29, 1.82) is 0 Å². The molecule has 2 aromatic carbocycles. The molecule has 108 valence electrons.